The first-order valence-corrected chi connectivity index (χ1v) is 33.1. The Morgan fingerprint density at radius 1 is 0.750 bits per heavy atom. The summed E-state index contributed by atoms with van der Waals surface area (Å²) in [5.74, 6) is 4.51. The maximum absolute atomic E-state index is 6.17. The average Bonchev–Trinajstić information content (AvgIpc) is 3.74. The molecule has 5 fully saturated rings. The average molecular weight is 799 g/mol. The summed E-state index contributed by atoms with van der Waals surface area (Å²) >= 11 is -5.00. The Morgan fingerprint density at radius 2 is 1.38 bits per heavy atom. The predicted molar refractivity (Wildman–Crippen MR) is 238 cm³/mol. The number of hydrogen-bond donors (Lipinski definition) is 0. The van der Waals surface area contributed by atoms with E-state index in [9.17, 15) is 0 Å². The van der Waals surface area contributed by atoms with Crippen molar-refractivity contribution in [3.8, 4) is 0 Å². The molecule has 5 saturated carbocycles. The van der Waals surface area contributed by atoms with E-state index in [1.54, 1.807) is 30.6 Å². The molecule has 9 aliphatic rings. The zero-order chi connectivity index (χ0) is 39.8. The molecule has 0 nitrogen and oxygen atoms in total. The fraction of sp³-hybridized carbons (Fsp3) is 0.582. The first-order valence-electron chi connectivity index (χ1n) is 23.6. The van der Waals surface area contributed by atoms with E-state index in [-0.39, 0.29) is 25.7 Å². The van der Waals surface area contributed by atoms with Gasteiger partial charge in [0.1, 0.15) is 0 Å². The van der Waals surface area contributed by atoms with Crippen molar-refractivity contribution in [2.24, 2.45) is 62.6 Å². The molecule has 0 saturated heterocycles. The van der Waals surface area contributed by atoms with E-state index in [1.165, 1.54) is 61.6 Å². The van der Waals surface area contributed by atoms with E-state index in [2.05, 4.69) is 155 Å². The standard InChI is InChI=1S/C29H37.C17H23.C7H7.CH3.CH2.Zn/c1-18-25-22-17-19-13-9-10-14-20(19)24(22)21-15-11-12-16-23(21)29(25,8)28(6,7)27(4,5)26(18,2)3;1-11-3-4-14(5-11)17(2)15-7-12-6-13(9-15)10-16(17)8-12;1-7-5-3-2-4-6-7;;;/h9-11,13-15,23H,12,16-17H2,1-8H3;4-5,11-13,15-16H,6-10H2,1-2H3;3-6H,1H3;1H3;1H2;. The molecule has 56 heavy (non-hydrogen) atoms. The normalized spacial score (nSPS) is 39.4. The Hall–Kier alpha value is -2.37. The molecule has 4 bridgehead atoms. The molecule has 2 aromatic rings. The van der Waals surface area contributed by atoms with Gasteiger partial charge in [-0.25, -0.2) is 0 Å². The summed E-state index contributed by atoms with van der Waals surface area (Å²) in [6.45, 7) is 29.5. The van der Waals surface area contributed by atoms with Crippen LogP contribution in [0.2, 0.25) is 9.53 Å². The fourth-order valence-electron chi connectivity index (χ4n) is 18.9. The van der Waals surface area contributed by atoms with Gasteiger partial charge in [-0.15, -0.1) is 0 Å². The van der Waals surface area contributed by atoms with Crippen LogP contribution in [0.25, 0.3) is 5.57 Å². The van der Waals surface area contributed by atoms with Crippen LogP contribution >= 0.6 is 0 Å². The van der Waals surface area contributed by atoms with Crippen LogP contribution < -0.4 is 4.16 Å². The van der Waals surface area contributed by atoms with Crippen LogP contribution in [0.3, 0.4) is 0 Å². The van der Waals surface area contributed by atoms with Gasteiger partial charge in [-0.1, -0.05) is 0 Å². The van der Waals surface area contributed by atoms with Crippen molar-refractivity contribution >= 4 is 14.8 Å². The van der Waals surface area contributed by atoms with E-state index < -0.39 is 13.1 Å². The van der Waals surface area contributed by atoms with Crippen molar-refractivity contribution < 1.29 is 13.1 Å². The van der Waals surface area contributed by atoms with Gasteiger partial charge in [0.25, 0.3) is 0 Å². The fourth-order valence-corrected chi connectivity index (χ4v) is 41.2. The maximum atomic E-state index is 6.17. The molecule has 0 aliphatic heterocycles. The van der Waals surface area contributed by atoms with Crippen molar-refractivity contribution in [3.05, 3.63) is 116 Å². The molecule has 4 unspecified atom stereocenters. The third-order valence-corrected chi connectivity index (χ3v) is 46.1. The second-order valence-electron chi connectivity index (χ2n) is 25.0. The van der Waals surface area contributed by atoms with Crippen molar-refractivity contribution in [1.29, 1.82) is 0 Å². The minimum absolute atomic E-state index is 0.00407. The van der Waals surface area contributed by atoms with Crippen molar-refractivity contribution in [2.45, 2.75) is 137 Å². The zero-order valence-electron chi connectivity index (χ0n) is 37.5. The van der Waals surface area contributed by atoms with E-state index in [1.807, 2.05) is 5.57 Å². The summed E-state index contributed by atoms with van der Waals surface area (Å²) in [4.78, 5) is 0. The summed E-state index contributed by atoms with van der Waals surface area (Å²) in [5.41, 5.74) is 15.9. The van der Waals surface area contributed by atoms with Gasteiger partial charge in [-0.3, -0.25) is 0 Å². The van der Waals surface area contributed by atoms with Crippen molar-refractivity contribution in [1.82, 2.24) is 0 Å². The topological polar surface area (TPSA) is 0 Å². The molecule has 4 atom stereocenters. The molecule has 0 spiro atoms. The molecule has 1 heteroatoms. The van der Waals surface area contributed by atoms with Gasteiger partial charge >= 0.3 is 344 Å². The molecule has 0 heterocycles. The molecular formula is C55H72Zn. The van der Waals surface area contributed by atoms with Gasteiger partial charge in [-0.2, -0.15) is 0 Å². The number of aryl methyl sites for hydroxylation is 1. The van der Waals surface area contributed by atoms with Crippen molar-refractivity contribution in [2.75, 3.05) is 0 Å². The minimum atomic E-state index is -5.00. The van der Waals surface area contributed by atoms with Crippen LogP contribution in [-0.4, -0.2) is 5.11 Å². The monoisotopic (exact) mass is 796 g/mol. The van der Waals surface area contributed by atoms with Gasteiger partial charge in [0.05, 0.1) is 0 Å². The molecule has 294 valence electrons. The van der Waals surface area contributed by atoms with Crippen LogP contribution in [0.1, 0.15) is 131 Å². The summed E-state index contributed by atoms with van der Waals surface area (Å²) in [5, 5.41) is 6.17. The zero-order valence-corrected chi connectivity index (χ0v) is 40.4. The molecular weight excluding hydrogens is 726 g/mol. The molecule has 0 radical (unpaired) electrons. The molecule has 2 aromatic carbocycles. The van der Waals surface area contributed by atoms with Gasteiger partial charge < -0.3 is 0 Å². The Morgan fingerprint density at radius 3 is 2.02 bits per heavy atom. The van der Waals surface area contributed by atoms with Crippen LogP contribution in [0.15, 0.2) is 99.3 Å². The first kappa shape index (κ1) is 37.9. The van der Waals surface area contributed by atoms with Gasteiger partial charge in [-0.05, 0) is 0 Å². The van der Waals surface area contributed by atoms with Crippen LogP contribution in [0.4, 0.5) is 0 Å². The van der Waals surface area contributed by atoms with E-state index in [0.29, 0.717) is 17.3 Å². The second kappa shape index (κ2) is 11.3. The number of fused-ring (bicyclic) bond motifs is 6. The van der Waals surface area contributed by atoms with E-state index in [0.717, 1.165) is 30.1 Å². The van der Waals surface area contributed by atoms with E-state index in [4.69, 9.17) is 5.11 Å². The molecule has 0 aromatic heterocycles. The van der Waals surface area contributed by atoms with E-state index >= 15 is 0 Å². The quantitative estimate of drug-likeness (QED) is 0.270. The number of hydrogen-bond acceptors (Lipinski definition) is 0. The van der Waals surface area contributed by atoms with Gasteiger partial charge in [0.2, 0.25) is 0 Å². The Bertz CT molecular complexity index is 2280. The molecule has 0 amide bonds. The summed E-state index contributed by atoms with van der Waals surface area (Å²) < 4.78 is 3.21. The number of benzene rings is 2. The summed E-state index contributed by atoms with van der Waals surface area (Å²) in [6, 6.07) is 19.6. The van der Waals surface area contributed by atoms with Gasteiger partial charge in [0.15, 0.2) is 0 Å². The Kier molecular flexibility index (Phi) is 7.62. The van der Waals surface area contributed by atoms with Crippen LogP contribution in [-0.2, 0) is 19.6 Å². The third kappa shape index (κ3) is 4.01. The predicted octanol–water partition coefficient (Wildman–Crippen LogP) is 14.3. The number of rotatable bonds is 4. The Balaban J connectivity index is 1.32. The molecule has 0 N–H and O–H groups in total. The van der Waals surface area contributed by atoms with Crippen LogP contribution in [0, 0.1) is 69.5 Å². The molecule has 11 rings (SSSR count). The second-order valence-corrected chi connectivity index (χ2v) is 43.3. The Labute approximate surface area is 341 Å². The van der Waals surface area contributed by atoms with Gasteiger partial charge in [0, 0.05) is 0 Å². The third-order valence-electron chi connectivity index (χ3n) is 23.5. The molecule has 9 aliphatic carbocycles. The van der Waals surface area contributed by atoms with Crippen LogP contribution in [0.5, 0.6) is 0 Å². The number of allylic oxidation sites excluding steroid dienone is 10. The summed E-state index contributed by atoms with van der Waals surface area (Å²) in [7, 11) is 0. The van der Waals surface area contributed by atoms with Crippen molar-refractivity contribution in [3.63, 3.8) is 0 Å². The SMILES string of the molecule is [CH2]=[Zn]([CH3])([C]1=CC(C2(C)C3CC4CC(C3)CC2C4)=CC1C)([c]1ccc(C)cc1)[C]1(C)C2=C3Cc4ccccc4C3=C3C=CCCC3C2(C)C(C)(C)C(C)(C)C1(C)C. The first-order chi connectivity index (χ1) is 26.2. The summed E-state index contributed by atoms with van der Waals surface area (Å²) in [6.07, 6.45) is 21.6.